The zero-order valence-corrected chi connectivity index (χ0v) is 13.7. The SMILES string of the molecule is COC(CN)CC(=O)NC(C)c1ccc2ccccc2c1.Cl. The summed E-state index contributed by atoms with van der Waals surface area (Å²) in [5, 5.41) is 5.36. The van der Waals surface area contributed by atoms with Gasteiger partial charge in [0.1, 0.15) is 0 Å². The van der Waals surface area contributed by atoms with Gasteiger partial charge in [0, 0.05) is 13.7 Å². The first-order valence-electron chi connectivity index (χ1n) is 7.15. The molecule has 0 aliphatic heterocycles. The number of hydrogen-bond donors (Lipinski definition) is 2. The van der Waals surface area contributed by atoms with Crippen molar-refractivity contribution < 1.29 is 9.53 Å². The highest BCUT2D eigenvalue weighted by atomic mass is 35.5. The Morgan fingerprint density at radius 3 is 2.55 bits per heavy atom. The fourth-order valence-corrected chi connectivity index (χ4v) is 2.33. The first-order valence-corrected chi connectivity index (χ1v) is 7.15. The number of amides is 1. The van der Waals surface area contributed by atoms with Crippen LogP contribution in [-0.4, -0.2) is 25.7 Å². The highest BCUT2D eigenvalue weighted by molar-refractivity contribution is 5.85. The standard InChI is InChI=1S/C17H22N2O2.ClH/c1-12(19-17(20)10-16(11-18)21-2)14-8-7-13-5-3-4-6-15(13)9-14;/h3-9,12,16H,10-11,18H2,1-2H3,(H,19,20);1H. The third kappa shape index (κ3) is 4.70. The Morgan fingerprint density at radius 1 is 1.23 bits per heavy atom. The minimum absolute atomic E-state index is 0. The summed E-state index contributed by atoms with van der Waals surface area (Å²) in [6, 6.07) is 14.4. The van der Waals surface area contributed by atoms with Crippen LogP contribution in [0.1, 0.15) is 24.9 Å². The summed E-state index contributed by atoms with van der Waals surface area (Å²) in [5.74, 6) is -0.0482. The second-order valence-corrected chi connectivity index (χ2v) is 5.19. The largest absolute Gasteiger partial charge is 0.380 e. The molecule has 0 heterocycles. The fourth-order valence-electron chi connectivity index (χ4n) is 2.33. The number of ether oxygens (including phenoxy) is 1. The van der Waals surface area contributed by atoms with E-state index in [9.17, 15) is 4.79 Å². The van der Waals surface area contributed by atoms with Gasteiger partial charge < -0.3 is 15.8 Å². The number of hydrogen-bond acceptors (Lipinski definition) is 3. The number of fused-ring (bicyclic) bond motifs is 1. The topological polar surface area (TPSA) is 64.3 Å². The van der Waals surface area contributed by atoms with Gasteiger partial charge >= 0.3 is 0 Å². The molecule has 0 saturated heterocycles. The van der Waals surface area contributed by atoms with Crippen LogP contribution in [0, 0.1) is 0 Å². The number of methoxy groups -OCH3 is 1. The van der Waals surface area contributed by atoms with Gasteiger partial charge in [-0.2, -0.15) is 0 Å². The number of halogens is 1. The average Bonchev–Trinajstić information content (AvgIpc) is 2.52. The van der Waals surface area contributed by atoms with Gasteiger partial charge in [-0.1, -0.05) is 36.4 Å². The van der Waals surface area contributed by atoms with E-state index in [-0.39, 0.29) is 36.9 Å². The minimum atomic E-state index is -0.228. The van der Waals surface area contributed by atoms with Crippen molar-refractivity contribution in [1.29, 1.82) is 0 Å². The molecular formula is C17H23ClN2O2. The lowest BCUT2D eigenvalue weighted by molar-refractivity contribution is -0.124. The normalized spacial score (nSPS) is 13.2. The number of carbonyl (C=O) groups excluding carboxylic acids is 1. The lowest BCUT2D eigenvalue weighted by Crippen LogP contribution is -2.33. The molecule has 22 heavy (non-hydrogen) atoms. The van der Waals surface area contributed by atoms with Crippen LogP contribution in [0.3, 0.4) is 0 Å². The van der Waals surface area contributed by atoms with Gasteiger partial charge in [0.2, 0.25) is 5.91 Å². The zero-order chi connectivity index (χ0) is 15.2. The van der Waals surface area contributed by atoms with Crippen LogP contribution in [0.25, 0.3) is 10.8 Å². The molecule has 4 nitrogen and oxygen atoms in total. The summed E-state index contributed by atoms with van der Waals surface area (Å²) >= 11 is 0. The average molecular weight is 323 g/mol. The third-order valence-electron chi connectivity index (χ3n) is 3.66. The molecule has 120 valence electrons. The molecule has 2 rings (SSSR count). The Hall–Kier alpha value is -1.62. The van der Waals surface area contributed by atoms with E-state index in [1.165, 1.54) is 10.8 Å². The van der Waals surface area contributed by atoms with E-state index in [4.69, 9.17) is 10.5 Å². The smallest absolute Gasteiger partial charge is 0.223 e. The summed E-state index contributed by atoms with van der Waals surface area (Å²) in [6.45, 7) is 2.32. The van der Waals surface area contributed by atoms with Gasteiger partial charge in [0.15, 0.2) is 0 Å². The molecule has 3 N–H and O–H groups in total. The maximum atomic E-state index is 12.0. The lowest BCUT2D eigenvalue weighted by Gasteiger charge is -2.17. The van der Waals surface area contributed by atoms with E-state index in [2.05, 4.69) is 29.6 Å². The van der Waals surface area contributed by atoms with Crippen LogP contribution in [0.15, 0.2) is 42.5 Å². The second-order valence-electron chi connectivity index (χ2n) is 5.19. The molecule has 0 bridgehead atoms. The molecule has 5 heteroatoms. The maximum Gasteiger partial charge on any atom is 0.223 e. The summed E-state index contributed by atoms with van der Waals surface area (Å²) in [7, 11) is 1.57. The first kappa shape index (κ1) is 18.4. The van der Waals surface area contributed by atoms with Gasteiger partial charge in [-0.25, -0.2) is 0 Å². The van der Waals surface area contributed by atoms with E-state index < -0.39 is 0 Å². The molecule has 2 aromatic rings. The molecule has 0 spiro atoms. The van der Waals surface area contributed by atoms with E-state index in [0.29, 0.717) is 6.54 Å². The van der Waals surface area contributed by atoms with Crippen molar-refractivity contribution in [3.05, 3.63) is 48.0 Å². The molecule has 2 atom stereocenters. The quantitative estimate of drug-likeness (QED) is 0.859. The molecule has 0 radical (unpaired) electrons. The van der Waals surface area contributed by atoms with Crippen LogP contribution < -0.4 is 11.1 Å². The fraction of sp³-hybridized carbons (Fsp3) is 0.353. The van der Waals surface area contributed by atoms with Crippen molar-refractivity contribution in [3.63, 3.8) is 0 Å². The van der Waals surface area contributed by atoms with Crippen LogP contribution >= 0.6 is 12.4 Å². The predicted octanol–water partition coefficient (Wildman–Crippen LogP) is 2.80. The molecule has 0 fully saturated rings. The van der Waals surface area contributed by atoms with Crippen LogP contribution in [0.4, 0.5) is 0 Å². The van der Waals surface area contributed by atoms with Gasteiger partial charge in [-0.15, -0.1) is 12.4 Å². The van der Waals surface area contributed by atoms with Crippen LogP contribution in [-0.2, 0) is 9.53 Å². The summed E-state index contributed by atoms with van der Waals surface area (Å²) < 4.78 is 5.13. The number of carbonyl (C=O) groups is 1. The molecule has 0 aromatic heterocycles. The minimum Gasteiger partial charge on any atom is -0.380 e. The Kier molecular flexibility index (Phi) is 7.32. The highest BCUT2D eigenvalue weighted by Gasteiger charge is 2.14. The first-order chi connectivity index (χ1) is 10.1. The molecule has 0 saturated carbocycles. The van der Waals surface area contributed by atoms with Crippen LogP contribution in [0.5, 0.6) is 0 Å². The van der Waals surface area contributed by atoms with Gasteiger partial charge in [-0.05, 0) is 29.3 Å². The molecule has 2 unspecified atom stereocenters. The van der Waals surface area contributed by atoms with Gasteiger partial charge in [-0.3, -0.25) is 4.79 Å². The van der Waals surface area contributed by atoms with Gasteiger partial charge in [0.05, 0.1) is 18.6 Å². The van der Waals surface area contributed by atoms with Crippen molar-refractivity contribution in [1.82, 2.24) is 5.32 Å². The number of nitrogens with one attached hydrogen (secondary N) is 1. The Bertz CT molecular complexity index is 614. The van der Waals surface area contributed by atoms with E-state index in [1.807, 2.05) is 25.1 Å². The molecule has 0 aliphatic carbocycles. The molecular weight excluding hydrogens is 300 g/mol. The monoisotopic (exact) mass is 322 g/mol. The Balaban J connectivity index is 0.00000242. The Morgan fingerprint density at radius 2 is 1.91 bits per heavy atom. The third-order valence-corrected chi connectivity index (χ3v) is 3.66. The van der Waals surface area contributed by atoms with Gasteiger partial charge in [0.25, 0.3) is 0 Å². The number of nitrogens with two attached hydrogens (primary N) is 1. The van der Waals surface area contributed by atoms with Crippen molar-refractivity contribution in [2.45, 2.75) is 25.5 Å². The van der Waals surface area contributed by atoms with E-state index >= 15 is 0 Å². The number of rotatable bonds is 6. The zero-order valence-electron chi connectivity index (χ0n) is 12.9. The predicted molar refractivity (Wildman–Crippen MR) is 92.2 cm³/mol. The molecule has 0 aliphatic rings. The van der Waals surface area contributed by atoms with Crippen molar-refractivity contribution in [3.8, 4) is 0 Å². The Labute approximate surface area is 137 Å². The second kappa shape index (κ2) is 8.73. The maximum absolute atomic E-state index is 12.0. The van der Waals surface area contributed by atoms with Crippen molar-refractivity contribution in [2.24, 2.45) is 5.73 Å². The van der Waals surface area contributed by atoms with Crippen molar-refractivity contribution in [2.75, 3.05) is 13.7 Å². The van der Waals surface area contributed by atoms with E-state index in [0.717, 1.165) is 5.56 Å². The van der Waals surface area contributed by atoms with E-state index in [1.54, 1.807) is 7.11 Å². The number of benzene rings is 2. The summed E-state index contributed by atoms with van der Waals surface area (Å²) in [6.07, 6.45) is 0.0547. The summed E-state index contributed by atoms with van der Waals surface area (Å²) in [5.41, 5.74) is 6.62. The van der Waals surface area contributed by atoms with Crippen LogP contribution in [0.2, 0.25) is 0 Å². The highest BCUT2D eigenvalue weighted by Crippen LogP contribution is 2.20. The molecule has 2 aromatic carbocycles. The molecule has 1 amide bonds. The summed E-state index contributed by atoms with van der Waals surface area (Å²) in [4.78, 5) is 12.0. The van der Waals surface area contributed by atoms with Crippen molar-refractivity contribution >= 4 is 29.1 Å². The lowest BCUT2D eigenvalue weighted by atomic mass is 10.0.